The number of rotatable bonds is 2. The van der Waals surface area contributed by atoms with Gasteiger partial charge in [0.2, 0.25) is 0 Å². The molecule has 1 aromatic carbocycles. The van der Waals surface area contributed by atoms with E-state index in [1.54, 1.807) is 38.1 Å². The maximum absolute atomic E-state index is 11.6. The summed E-state index contributed by atoms with van der Waals surface area (Å²) in [6.07, 6.45) is -0.0103. The zero-order valence-electron chi connectivity index (χ0n) is 9.06. The lowest BCUT2D eigenvalue weighted by Gasteiger charge is -1.98. The fourth-order valence-corrected chi connectivity index (χ4v) is 1.20. The van der Waals surface area contributed by atoms with E-state index in [2.05, 4.69) is 4.98 Å². The van der Waals surface area contributed by atoms with Gasteiger partial charge in [-0.2, -0.15) is 4.98 Å². The Balaban J connectivity index is 2.14. The van der Waals surface area contributed by atoms with E-state index >= 15 is 0 Å². The van der Waals surface area contributed by atoms with Gasteiger partial charge in [-0.1, -0.05) is 18.2 Å². The Labute approximate surface area is 92.9 Å². The number of carbonyl (C=O) groups excluding carboxylic acids is 1. The van der Waals surface area contributed by atoms with Crippen molar-refractivity contribution in [3.63, 3.8) is 0 Å². The number of ether oxygens (including phenoxy) is 1. The molecule has 0 aliphatic rings. The van der Waals surface area contributed by atoms with Gasteiger partial charge < -0.3 is 9.15 Å². The van der Waals surface area contributed by atoms with E-state index in [0.717, 1.165) is 5.69 Å². The summed E-state index contributed by atoms with van der Waals surface area (Å²) in [7, 11) is 0. The molecular weight excluding hydrogens is 206 g/mol. The maximum atomic E-state index is 11.6. The van der Waals surface area contributed by atoms with Gasteiger partial charge in [0.05, 0.1) is 11.3 Å². The molecule has 0 atom stereocenters. The molecule has 0 fully saturated rings. The second-order valence-electron chi connectivity index (χ2n) is 3.38. The average Bonchev–Trinajstić information content (AvgIpc) is 2.59. The number of benzene rings is 1. The quantitative estimate of drug-likeness (QED) is 0.725. The molecule has 2 rings (SSSR count). The van der Waals surface area contributed by atoms with Crippen LogP contribution in [0.5, 0.6) is 6.08 Å². The summed E-state index contributed by atoms with van der Waals surface area (Å²) in [4.78, 5) is 15.6. The molecule has 0 saturated carbocycles. The van der Waals surface area contributed by atoms with Crippen molar-refractivity contribution in [2.24, 2.45) is 0 Å². The van der Waals surface area contributed by atoms with Crippen LogP contribution < -0.4 is 4.74 Å². The zero-order chi connectivity index (χ0) is 11.5. The Bertz CT molecular complexity index is 483. The summed E-state index contributed by atoms with van der Waals surface area (Å²) < 4.78 is 10.1. The molecule has 16 heavy (non-hydrogen) atoms. The molecule has 0 aliphatic carbocycles. The first kappa shape index (κ1) is 10.4. The third-order valence-corrected chi connectivity index (χ3v) is 2.20. The van der Waals surface area contributed by atoms with Crippen molar-refractivity contribution < 1.29 is 13.9 Å². The van der Waals surface area contributed by atoms with Crippen molar-refractivity contribution in [3.05, 3.63) is 47.3 Å². The topological polar surface area (TPSA) is 52.3 Å². The van der Waals surface area contributed by atoms with Crippen LogP contribution in [0.3, 0.4) is 0 Å². The van der Waals surface area contributed by atoms with Crippen LogP contribution in [0.25, 0.3) is 0 Å². The van der Waals surface area contributed by atoms with Crippen LogP contribution in [0.2, 0.25) is 0 Å². The van der Waals surface area contributed by atoms with Crippen LogP contribution in [-0.2, 0) is 0 Å². The third kappa shape index (κ3) is 2.11. The van der Waals surface area contributed by atoms with Crippen molar-refractivity contribution in [3.8, 4) is 6.08 Å². The summed E-state index contributed by atoms with van der Waals surface area (Å²) in [6, 6.07) is 8.71. The van der Waals surface area contributed by atoms with Gasteiger partial charge >= 0.3 is 12.0 Å². The number of hydrogen-bond donors (Lipinski definition) is 0. The molecule has 0 radical (unpaired) electrons. The highest BCUT2D eigenvalue weighted by Gasteiger charge is 2.13. The minimum atomic E-state index is -0.471. The smallest absolute Gasteiger partial charge is 0.402 e. The summed E-state index contributed by atoms with van der Waals surface area (Å²) in [5, 5.41) is 0. The molecule has 1 heterocycles. The van der Waals surface area contributed by atoms with Gasteiger partial charge in [-0.3, -0.25) is 0 Å². The van der Waals surface area contributed by atoms with Gasteiger partial charge in [0.15, 0.2) is 0 Å². The lowest BCUT2D eigenvalue weighted by atomic mass is 10.2. The predicted molar refractivity (Wildman–Crippen MR) is 57.4 cm³/mol. The van der Waals surface area contributed by atoms with E-state index in [-0.39, 0.29) is 6.08 Å². The summed E-state index contributed by atoms with van der Waals surface area (Å²) in [6.45, 7) is 3.56. The van der Waals surface area contributed by atoms with Gasteiger partial charge in [-0.15, -0.1) is 0 Å². The minimum Gasteiger partial charge on any atom is -0.414 e. The van der Waals surface area contributed by atoms with E-state index in [9.17, 15) is 4.79 Å². The molecule has 0 spiro atoms. The second kappa shape index (κ2) is 4.18. The Kier molecular flexibility index (Phi) is 2.72. The van der Waals surface area contributed by atoms with E-state index in [1.165, 1.54) is 0 Å². The van der Waals surface area contributed by atoms with Crippen LogP contribution in [0.4, 0.5) is 0 Å². The average molecular weight is 217 g/mol. The Morgan fingerprint density at radius 2 is 1.94 bits per heavy atom. The molecule has 0 unspecified atom stereocenters. The molecule has 0 amide bonds. The number of esters is 1. The molecule has 0 saturated heterocycles. The molecular formula is C12H11NO3. The van der Waals surface area contributed by atoms with Crippen molar-refractivity contribution in [2.45, 2.75) is 13.8 Å². The van der Waals surface area contributed by atoms with E-state index < -0.39 is 5.97 Å². The fourth-order valence-electron chi connectivity index (χ4n) is 1.20. The molecule has 4 heteroatoms. The highest BCUT2D eigenvalue weighted by atomic mass is 16.6. The van der Waals surface area contributed by atoms with Crippen LogP contribution in [0, 0.1) is 13.8 Å². The molecule has 1 aromatic heterocycles. The second-order valence-corrected chi connectivity index (χ2v) is 3.38. The van der Waals surface area contributed by atoms with Gasteiger partial charge in [0.25, 0.3) is 0 Å². The van der Waals surface area contributed by atoms with Crippen LogP contribution >= 0.6 is 0 Å². The van der Waals surface area contributed by atoms with Gasteiger partial charge in [0.1, 0.15) is 5.76 Å². The number of hydrogen-bond acceptors (Lipinski definition) is 4. The fraction of sp³-hybridized carbons (Fsp3) is 0.167. The predicted octanol–water partition coefficient (Wildman–Crippen LogP) is 2.51. The lowest BCUT2D eigenvalue weighted by molar-refractivity contribution is 0.0681. The number of oxazole rings is 1. The third-order valence-electron chi connectivity index (χ3n) is 2.20. The van der Waals surface area contributed by atoms with E-state index in [4.69, 9.17) is 9.15 Å². The summed E-state index contributed by atoms with van der Waals surface area (Å²) in [5.74, 6) is 0.178. The number of aryl methyl sites for hydroxylation is 2. The van der Waals surface area contributed by atoms with Crippen molar-refractivity contribution >= 4 is 5.97 Å². The molecule has 4 nitrogen and oxygen atoms in total. The monoisotopic (exact) mass is 217 g/mol. The Morgan fingerprint density at radius 3 is 2.50 bits per heavy atom. The van der Waals surface area contributed by atoms with E-state index in [1.807, 2.05) is 6.07 Å². The van der Waals surface area contributed by atoms with Crippen LogP contribution in [-0.4, -0.2) is 11.0 Å². The van der Waals surface area contributed by atoms with Gasteiger partial charge in [-0.05, 0) is 26.0 Å². The molecule has 0 aliphatic heterocycles. The van der Waals surface area contributed by atoms with Crippen LogP contribution in [0.15, 0.2) is 34.7 Å². The van der Waals surface area contributed by atoms with Crippen LogP contribution in [0.1, 0.15) is 21.8 Å². The van der Waals surface area contributed by atoms with Crippen molar-refractivity contribution in [1.82, 2.24) is 4.98 Å². The SMILES string of the molecule is Cc1nc(OC(=O)c2ccccc2)oc1C. The zero-order valence-corrected chi connectivity index (χ0v) is 9.06. The first-order chi connectivity index (χ1) is 7.66. The molecule has 82 valence electrons. The van der Waals surface area contributed by atoms with Gasteiger partial charge in [-0.25, -0.2) is 4.79 Å². The normalized spacial score (nSPS) is 10.1. The minimum absolute atomic E-state index is 0.0103. The highest BCUT2D eigenvalue weighted by Crippen LogP contribution is 2.16. The standard InChI is InChI=1S/C12H11NO3/c1-8-9(2)15-12(13-8)16-11(14)10-6-4-3-5-7-10/h3-7H,1-2H3. The Hall–Kier alpha value is -2.10. The van der Waals surface area contributed by atoms with Crippen molar-refractivity contribution in [1.29, 1.82) is 0 Å². The first-order valence-corrected chi connectivity index (χ1v) is 4.88. The number of nitrogens with zero attached hydrogens (tertiary/aromatic N) is 1. The molecule has 2 aromatic rings. The van der Waals surface area contributed by atoms with E-state index in [0.29, 0.717) is 11.3 Å². The molecule has 0 bridgehead atoms. The largest absolute Gasteiger partial charge is 0.414 e. The lowest BCUT2D eigenvalue weighted by Crippen LogP contribution is -2.08. The Morgan fingerprint density at radius 1 is 1.25 bits per heavy atom. The summed E-state index contributed by atoms with van der Waals surface area (Å²) in [5.41, 5.74) is 1.19. The van der Waals surface area contributed by atoms with Gasteiger partial charge in [0, 0.05) is 0 Å². The summed E-state index contributed by atoms with van der Waals surface area (Å²) >= 11 is 0. The first-order valence-electron chi connectivity index (χ1n) is 4.88. The van der Waals surface area contributed by atoms with Crippen molar-refractivity contribution in [2.75, 3.05) is 0 Å². The molecule has 0 N–H and O–H groups in total. The highest BCUT2D eigenvalue weighted by molar-refractivity contribution is 5.90. The number of carbonyl (C=O) groups is 1. The maximum Gasteiger partial charge on any atom is 0.402 e. The number of aromatic nitrogens is 1.